The summed E-state index contributed by atoms with van der Waals surface area (Å²) in [6.07, 6.45) is 1.68. The van der Waals surface area contributed by atoms with E-state index in [0.29, 0.717) is 24.2 Å². The zero-order valence-corrected chi connectivity index (χ0v) is 18.5. The summed E-state index contributed by atoms with van der Waals surface area (Å²) in [6, 6.07) is 15.0. The van der Waals surface area contributed by atoms with Gasteiger partial charge in [0.25, 0.3) is 0 Å². The normalized spacial score (nSPS) is 16.4. The van der Waals surface area contributed by atoms with Gasteiger partial charge in [-0.3, -0.25) is 19.4 Å². The molecule has 0 saturated carbocycles. The van der Waals surface area contributed by atoms with Crippen LogP contribution in [0.3, 0.4) is 0 Å². The van der Waals surface area contributed by atoms with E-state index in [1.807, 2.05) is 41.3 Å². The highest BCUT2D eigenvalue weighted by molar-refractivity contribution is 9.10. The van der Waals surface area contributed by atoms with Crippen LogP contribution in [0.2, 0.25) is 0 Å². The van der Waals surface area contributed by atoms with E-state index < -0.39 is 18.0 Å². The number of carboxylic acids is 2. The van der Waals surface area contributed by atoms with Crippen molar-refractivity contribution >= 4 is 38.8 Å². The second-order valence-corrected chi connectivity index (χ2v) is 8.72. The Bertz CT molecular complexity index is 1090. The van der Waals surface area contributed by atoms with E-state index in [0.717, 1.165) is 29.5 Å². The Morgan fingerprint density at radius 2 is 1.71 bits per heavy atom. The molecule has 1 fully saturated rings. The summed E-state index contributed by atoms with van der Waals surface area (Å²) in [4.78, 5) is 28.0. The lowest BCUT2D eigenvalue weighted by atomic mass is 10.0. The van der Waals surface area contributed by atoms with Gasteiger partial charge in [-0.05, 0) is 17.7 Å². The predicted octanol–water partition coefficient (Wildman–Crippen LogP) is 3.43. The fourth-order valence-corrected chi connectivity index (χ4v) is 4.64. The molecule has 2 N–H and O–H groups in total. The summed E-state index contributed by atoms with van der Waals surface area (Å²) in [7, 11) is 0. The van der Waals surface area contributed by atoms with E-state index >= 15 is 0 Å². The van der Waals surface area contributed by atoms with Crippen LogP contribution in [0, 0.1) is 0 Å². The van der Waals surface area contributed by atoms with Gasteiger partial charge in [0.1, 0.15) is 12.6 Å². The van der Waals surface area contributed by atoms with Gasteiger partial charge in [0, 0.05) is 54.3 Å². The maximum Gasteiger partial charge on any atom is 0.325 e. The maximum atomic E-state index is 12.3. The van der Waals surface area contributed by atoms with Crippen LogP contribution in [0.4, 0.5) is 0 Å². The Balaban J connectivity index is 1.58. The molecule has 1 aliphatic heterocycles. The van der Waals surface area contributed by atoms with Crippen LogP contribution in [0.5, 0.6) is 0 Å². The summed E-state index contributed by atoms with van der Waals surface area (Å²) in [5.41, 5.74) is 2.58. The molecule has 1 atom stereocenters. The van der Waals surface area contributed by atoms with E-state index in [1.165, 1.54) is 5.56 Å². The lowest BCUT2D eigenvalue weighted by Crippen LogP contribution is -2.48. The molecule has 31 heavy (non-hydrogen) atoms. The molecule has 1 saturated heterocycles. The van der Waals surface area contributed by atoms with Crippen LogP contribution in [-0.2, 0) is 22.7 Å². The molecular weight excluding hydrogens is 462 g/mol. The second kappa shape index (κ2) is 9.21. The van der Waals surface area contributed by atoms with Crippen LogP contribution in [0.1, 0.15) is 17.2 Å². The number of aromatic nitrogens is 1. The van der Waals surface area contributed by atoms with Crippen molar-refractivity contribution in [1.29, 1.82) is 0 Å². The summed E-state index contributed by atoms with van der Waals surface area (Å²) in [5, 5.41) is 20.1. The Hall–Kier alpha value is -2.68. The first kappa shape index (κ1) is 21.5. The van der Waals surface area contributed by atoms with Crippen LogP contribution >= 0.6 is 15.9 Å². The van der Waals surface area contributed by atoms with Crippen molar-refractivity contribution in [3.63, 3.8) is 0 Å². The van der Waals surface area contributed by atoms with E-state index in [2.05, 4.69) is 33.0 Å². The third-order valence-electron chi connectivity index (χ3n) is 5.73. The average molecular weight is 486 g/mol. The van der Waals surface area contributed by atoms with Gasteiger partial charge in [0.2, 0.25) is 0 Å². The van der Waals surface area contributed by atoms with E-state index in [1.54, 1.807) is 10.8 Å². The molecule has 0 spiro atoms. The third kappa shape index (κ3) is 4.81. The van der Waals surface area contributed by atoms with Crippen molar-refractivity contribution in [2.45, 2.75) is 19.1 Å². The fourth-order valence-electron chi connectivity index (χ4n) is 4.30. The van der Waals surface area contributed by atoms with Crippen molar-refractivity contribution in [1.82, 2.24) is 14.4 Å². The fraction of sp³-hybridized carbons (Fsp3) is 0.304. The number of nitrogens with zero attached hydrogens (tertiary/aromatic N) is 3. The molecule has 162 valence electrons. The number of piperazine rings is 1. The number of aliphatic carboxylic acids is 2. The van der Waals surface area contributed by atoms with Gasteiger partial charge in [-0.25, -0.2) is 0 Å². The first-order valence-electron chi connectivity index (χ1n) is 10.2. The second-order valence-electron chi connectivity index (χ2n) is 7.81. The molecule has 0 radical (unpaired) electrons. The minimum absolute atomic E-state index is 0.218. The van der Waals surface area contributed by atoms with Crippen LogP contribution in [0.15, 0.2) is 59.2 Å². The van der Waals surface area contributed by atoms with Crippen LogP contribution < -0.4 is 0 Å². The zero-order valence-electron chi connectivity index (χ0n) is 16.9. The van der Waals surface area contributed by atoms with E-state index in [4.69, 9.17) is 0 Å². The molecule has 4 rings (SSSR count). The summed E-state index contributed by atoms with van der Waals surface area (Å²) in [6.45, 7) is 3.44. The minimum atomic E-state index is -0.968. The van der Waals surface area contributed by atoms with Crippen molar-refractivity contribution < 1.29 is 19.8 Å². The number of hydrogen-bond acceptors (Lipinski definition) is 4. The van der Waals surface area contributed by atoms with Gasteiger partial charge >= 0.3 is 11.9 Å². The Morgan fingerprint density at radius 3 is 2.35 bits per heavy atom. The molecular formula is C23H24BrN3O4. The molecule has 0 unspecified atom stereocenters. The summed E-state index contributed by atoms with van der Waals surface area (Å²) < 4.78 is 2.43. The molecule has 2 aromatic carbocycles. The van der Waals surface area contributed by atoms with Gasteiger partial charge in [0.15, 0.2) is 0 Å². The minimum Gasteiger partial charge on any atom is -0.480 e. The Labute approximate surface area is 188 Å². The summed E-state index contributed by atoms with van der Waals surface area (Å²) in [5.74, 6) is -1.89. The van der Waals surface area contributed by atoms with Crippen LogP contribution in [0.25, 0.3) is 10.9 Å². The number of benzene rings is 2. The number of carboxylic acid groups (broad SMARTS) is 2. The van der Waals surface area contributed by atoms with Gasteiger partial charge in [-0.2, -0.15) is 0 Å². The number of halogens is 1. The Kier molecular flexibility index (Phi) is 6.41. The van der Waals surface area contributed by atoms with Crippen molar-refractivity contribution in [2.75, 3.05) is 26.2 Å². The topological polar surface area (TPSA) is 86.0 Å². The molecule has 8 heteroatoms. The van der Waals surface area contributed by atoms with Gasteiger partial charge < -0.3 is 14.8 Å². The molecule has 0 bridgehead atoms. The molecule has 3 aromatic rings. The third-order valence-corrected chi connectivity index (χ3v) is 6.22. The SMILES string of the molecule is O=C(O)Cn1cc([C@@H](C(=O)O)N2CCN(Cc3ccccc3)CC2)c2ccc(Br)cc21. The van der Waals surface area contributed by atoms with Gasteiger partial charge in [-0.1, -0.05) is 52.3 Å². The van der Waals surface area contributed by atoms with Crippen molar-refractivity contribution in [3.8, 4) is 0 Å². The van der Waals surface area contributed by atoms with Crippen molar-refractivity contribution in [2.24, 2.45) is 0 Å². The monoisotopic (exact) mass is 485 g/mol. The maximum absolute atomic E-state index is 12.3. The number of carbonyl (C=O) groups is 2. The molecule has 7 nitrogen and oxygen atoms in total. The lowest BCUT2D eigenvalue weighted by Gasteiger charge is -2.37. The van der Waals surface area contributed by atoms with E-state index in [-0.39, 0.29) is 6.54 Å². The first-order chi connectivity index (χ1) is 14.9. The molecule has 1 aromatic heterocycles. The highest BCUT2D eigenvalue weighted by atomic mass is 79.9. The summed E-state index contributed by atoms with van der Waals surface area (Å²) >= 11 is 3.43. The quantitative estimate of drug-likeness (QED) is 0.533. The molecule has 0 amide bonds. The molecule has 1 aliphatic rings. The first-order valence-corrected chi connectivity index (χ1v) is 10.9. The number of rotatable bonds is 7. The largest absolute Gasteiger partial charge is 0.480 e. The predicted molar refractivity (Wildman–Crippen MR) is 121 cm³/mol. The number of fused-ring (bicyclic) bond motifs is 1. The number of hydrogen-bond donors (Lipinski definition) is 2. The highest BCUT2D eigenvalue weighted by Gasteiger charge is 2.33. The Morgan fingerprint density at radius 1 is 1.00 bits per heavy atom. The average Bonchev–Trinajstić information content (AvgIpc) is 3.06. The van der Waals surface area contributed by atoms with E-state index in [9.17, 15) is 19.8 Å². The van der Waals surface area contributed by atoms with Gasteiger partial charge in [0.05, 0.1) is 5.52 Å². The van der Waals surface area contributed by atoms with Gasteiger partial charge in [-0.15, -0.1) is 0 Å². The standard InChI is InChI=1S/C23H24BrN3O4/c24-17-6-7-18-19(14-27(15-21(28)29)20(18)12-17)22(23(30)31)26-10-8-25(9-11-26)13-16-4-2-1-3-5-16/h1-7,12,14,22H,8-11,13,15H2,(H,28,29)(H,30,31)/t22-/m0/s1. The lowest BCUT2D eigenvalue weighted by molar-refractivity contribution is -0.144. The zero-order chi connectivity index (χ0) is 22.0. The highest BCUT2D eigenvalue weighted by Crippen LogP contribution is 2.33. The molecule has 2 heterocycles. The van der Waals surface area contributed by atoms with Crippen molar-refractivity contribution in [3.05, 3.63) is 70.3 Å². The smallest absolute Gasteiger partial charge is 0.325 e. The molecule has 0 aliphatic carbocycles. The van der Waals surface area contributed by atoms with Crippen LogP contribution in [-0.4, -0.2) is 62.7 Å².